The van der Waals surface area contributed by atoms with Crippen molar-refractivity contribution in [2.45, 2.75) is 19.9 Å². The Morgan fingerprint density at radius 2 is 2.11 bits per heavy atom. The molecule has 0 radical (unpaired) electrons. The summed E-state index contributed by atoms with van der Waals surface area (Å²) in [6.45, 7) is 4.13. The molecule has 0 N–H and O–H groups in total. The predicted molar refractivity (Wildman–Crippen MR) is 72.1 cm³/mol. The summed E-state index contributed by atoms with van der Waals surface area (Å²) in [5, 5.41) is 12.5. The molecule has 0 aliphatic rings. The van der Waals surface area contributed by atoms with E-state index >= 15 is 0 Å². The van der Waals surface area contributed by atoms with E-state index in [1.165, 1.54) is 5.56 Å². The Balaban J connectivity index is 2.03. The van der Waals surface area contributed by atoms with Crippen LogP contribution in [0.4, 0.5) is 0 Å². The third-order valence-electron chi connectivity index (χ3n) is 3.15. The molecule has 19 heavy (non-hydrogen) atoms. The highest BCUT2D eigenvalue weighted by Crippen LogP contribution is 2.18. The van der Waals surface area contributed by atoms with E-state index in [2.05, 4.69) is 47.3 Å². The molecule has 0 saturated heterocycles. The molecule has 5 nitrogen and oxygen atoms in total. The Bertz CT molecular complexity index is 669. The van der Waals surface area contributed by atoms with Crippen LogP contribution in [-0.4, -0.2) is 24.5 Å². The third-order valence-corrected chi connectivity index (χ3v) is 3.15. The minimum Gasteiger partial charge on any atom is -0.284 e. The van der Waals surface area contributed by atoms with Gasteiger partial charge in [0.1, 0.15) is 12.4 Å². The van der Waals surface area contributed by atoms with Crippen LogP contribution < -0.4 is 0 Å². The molecule has 3 aromatic rings. The highest BCUT2D eigenvalue weighted by Gasteiger charge is 2.16. The van der Waals surface area contributed by atoms with Crippen molar-refractivity contribution >= 4 is 0 Å². The second kappa shape index (κ2) is 4.68. The second-order valence-electron chi connectivity index (χ2n) is 4.56. The molecule has 0 aliphatic carbocycles. The zero-order valence-electron chi connectivity index (χ0n) is 10.9. The molecule has 3 rings (SSSR count). The molecule has 2 heterocycles. The van der Waals surface area contributed by atoms with Crippen LogP contribution >= 0.6 is 0 Å². The Labute approximate surface area is 111 Å². The number of hydrogen-bond acceptors (Lipinski definition) is 3. The average Bonchev–Trinajstić information content (AvgIpc) is 3.09. The topological polar surface area (TPSA) is 48.5 Å². The third kappa shape index (κ3) is 2.14. The lowest BCUT2D eigenvalue weighted by Crippen LogP contribution is -2.13. The molecule has 1 atom stereocenters. The van der Waals surface area contributed by atoms with E-state index < -0.39 is 0 Å². The van der Waals surface area contributed by atoms with Crippen LogP contribution in [0.3, 0.4) is 0 Å². The fourth-order valence-electron chi connectivity index (χ4n) is 2.13. The molecular weight excluding hydrogens is 238 g/mol. The summed E-state index contributed by atoms with van der Waals surface area (Å²) in [4.78, 5) is 0. The first-order chi connectivity index (χ1) is 9.25. The first-order valence-corrected chi connectivity index (χ1v) is 6.22. The molecule has 0 fully saturated rings. The zero-order chi connectivity index (χ0) is 13.2. The van der Waals surface area contributed by atoms with Crippen LogP contribution in [0.15, 0.2) is 49.1 Å². The summed E-state index contributed by atoms with van der Waals surface area (Å²) in [7, 11) is 0. The van der Waals surface area contributed by atoms with E-state index in [-0.39, 0.29) is 6.04 Å². The standard InChI is InChI=1S/C14H15N5/c1-11-5-3-6-13(9-11)18-10-15-17-14(18)12(2)19-8-4-7-16-19/h3-10,12H,1-2H3/t12-/m0/s1. The fraction of sp³-hybridized carbons (Fsp3) is 0.214. The molecule has 0 saturated carbocycles. The Kier molecular flexibility index (Phi) is 2.87. The molecule has 0 amide bonds. The van der Waals surface area contributed by atoms with Gasteiger partial charge in [0.25, 0.3) is 0 Å². The lowest BCUT2D eigenvalue weighted by Gasteiger charge is -2.13. The van der Waals surface area contributed by atoms with Gasteiger partial charge in [-0.2, -0.15) is 5.10 Å². The van der Waals surface area contributed by atoms with E-state index in [0.29, 0.717) is 0 Å². The number of hydrogen-bond donors (Lipinski definition) is 0. The molecule has 0 aliphatic heterocycles. The first kappa shape index (κ1) is 11.6. The lowest BCUT2D eigenvalue weighted by molar-refractivity contribution is 0.528. The van der Waals surface area contributed by atoms with Crippen molar-refractivity contribution in [3.8, 4) is 5.69 Å². The number of nitrogens with zero attached hydrogens (tertiary/aromatic N) is 5. The summed E-state index contributed by atoms with van der Waals surface area (Å²) in [6.07, 6.45) is 5.44. The first-order valence-electron chi connectivity index (χ1n) is 6.22. The van der Waals surface area contributed by atoms with Crippen LogP contribution in [0.1, 0.15) is 24.4 Å². The molecule has 5 heteroatoms. The molecule has 2 aromatic heterocycles. The van der Waals surface area contributed by atoms with E-state index in [4.69, 9.17) is 0 Å². The number of rotatable bonds is 3. The Hall–Kier alpha value is -2.43. The maximum Gasteiger partial charge on any atom is 0.162 e. The van der Waals surface area contributed by atoms with E-state index in [9.17, 15) is 0 Å². The summed E-state index contributed by atoms with van der Waals surface area (Å²) in [5.74, 6) is 0.870. The van der Waals surface area contributed by atoms with Gasteiger partial charge < -0.3 is 0 Å². The summed E-state index contributed by atoms with van der Waals surface area (Å²) in [5.41, 5.74) is 2.28. The van der Waals surface area contributed by atoms with Crippen molar-refractivity contribution in [3.05, 3.63) is 60.4 Å². The van der Waals surface area contributed by atoms with Crippen molar-refractivity contribution in [2.75, 3.05) is 0 Å². The van der Waals surface area contributed by atoms with Crippen molar-refractivity contribution in [1.29, 1.82) is 0 Å². The van der Waals surface area contributed by atoms with E-state index in [1.54, 1.807) is 12.5 Å². The van der Waals surface area contributed by atoms with Crippen LogP contribution in [0.5, 0.6) is 0 Å². The summed E-state index contributed by atoms with van der Waals surface area (Å²) < 4.78 is 3.87. The van der Waals surface area contributed by atoms with E-state index in [0.717, 1.165) is 11.5 Å². The molecule has 96 valence electrons. The maximum atomic E-state index is 4.26. The second-order valence-corrected chi connectivity index (χ2v) is 4.56. The van der Waals surface area contributed by atoms with Gasteiger partial charge >= 0.3 is 0 Å². The molecule has 1 aromatic carbocycles. The van der Waals surface area contributed by atoms with Gasteiger partial charge in [0.05, 0.1) is 0 Å². The number of aromatic nitrogens is 5. The Morgan fingerprint density at radius 3 is 2.84 bits per heavy atom. The minimum absolute atomic E-state index is 0.0398. The SMILES string of the molecule is Cc1cccc(-n2cnnc2[C@H](C)n2cccn2)c1. The maximum absolute atomic E-state index is 4.26. The van der Waals surface area contributed by atoms with Crippen molar-refractivity contribution in [3.63, 3.8) is 0 Å². The highest BCUT2D eigenvalue weighted by molar-refractivity contribution is 5.36. The molecule has 0 bridgehead atoms. The predicted octanol–water partition coefficient (Wildman–Crippen LogP) is 2.38. The molecule has 0 spiro atoms. The monoisotopic (exact) mass is 253 g/mol. The van der Waals surface area contributed by atoms with Crippen molar-refractivity contribution in [1.82, 2.24) is 24.5 Å². The van der Waals surface area contributed by atoms with Gasteiger partial charge in [0.15, 0.2) is 5.82 Å². The van der Waals surface area contributed by atoms with Gasteiger partial charge in [-0.1, -0.05) is 12.1 Å². The normalized spacial score (nSPS) is 12.5. The van der Waals surface area contributed by atoms with Gasteiger partial charge in [0, 0.05) is 18.1 Å². The fourth-order valence-corrected chi connectivity index (χ4v) is 2.13. The smallest absolute Gasteiger partial charge is 0.162 e. The van der Waals surface area contributed by atoms with Gasteiger partial charge in [0.2, 0.25) is 0 Å². The van der Waals surface area contributed by atoms with Gasteiger partial charge in [-0.15, -0.1) is 10.2 Å². The zero-order valence-corrected chi connectivity index (χ0v) is 10.9. The number of aryl methyl sites for hydroxylation is 1. The Morgan fingerprint density at radius 1 is 1.21 bits per heavy atom. The highest BCUT2D eigenvalue weighted by atomic mass is 15.3. The number of benzene rings is 1. The van der Waals surface area contributed by atoms with Gasteiger partial charge in [-0.3, -0.25) is 9.25 Å². The largest absolute Gasteiger partial charge is 0.284 e. The summed E-state index contributed by atoms with van der Waals surface area (Å²) >= 11 is 0. The van der Waals surface area contributed by atoms with Crippen LogP contribution in [0, 0.1) is 6.92 Å². The van der Waals surface area contributed by atoms with Crippen LogP contribution in [-0.2, 0) is 0 Å². The lowest BCUT2D eigenvalue weighted by atomic mass is 10.2. The molecule has 0 unspecified atom stereocenters. The van der Waals surface area contributed by atoms with Crippen LogP contribution in [0.25, 0.3) is 5.69 Å². The summed E-state index contributed by atoms with van der Waals surface area (Å²) in [6, 6.07) is 10.2. The molecular formula is C14H15N5. The van der Waals surface area contributed by atoms with E-state index in [1.807, 2.05) is 27.6 Å². The van der Waals surface area contributed by atoms with Gasteiger partial charge in [-0.05, 0) is 37.6 Å². The van der Waals surface area contributed by atoms with Gasteiger partial charge in [-0.25, -0.2) is 0 Å². The average molecular weight is 253 g/mol. The quantitative estimate of drug-likeness (QED) is 0.720. The van der Waals surface area contributed by atoms with Crippen molar-refractivity contribution in [2.24, 2.45) is 0 Å². The van der Waals surface area contributed by atoms with Crippen molar-refractivity contribution < 1.29 is 0 Å². The van der Waals surface area contributed by atoms with Crippen LogP contribution in [0.2, 0.25) is 0 Å². The minimum atomic E-state index is 0.0398.